The second-order valence-electron chi connectivity index (χ2n) is 4.65. The average Bonchev–Trinajstić information content (AvgIpc) is 2.91. The molecule has 0 aromatic rings. The highest BCUT2D eigenvalue weighted by atomic mass is 79.9. The Balaban J connectivity index is 1.88. The lowest BCUT2D eigenvalue weighted by Gasteiger charge is -2.38. The molecule has 2 fully saturated rings. The van der Waals surface area contributed by atoms with Gasteiger partial charge in [0.2, 0.25) is 0 Å². The van der Waals surface area contributed by atoms with Crippen molar-refractivity contribution in [2.45, 2.75) is 31.8 Å². The molecule has 2 rings (SSSR count). The molecule has 14 heavy (non-hydrogen) atoms. The van der Waals surface area contributed by atoms with E-state index in [1.165, 1.54) is 19.4 Å². The van der Waals surface area contributed by atoms with Crippen molar-refractivity contribution in [1.29, 1.82) is 0 Å². The highest BCUT2D eigenvalue weighted by Crippen LogP contribution is 2.34. The molecule has 0 aromatic heterocycles. The molecule has 3 heteroatoms. The molecule has 1 aliphatic carbocycles. The van der Waals surface area contributed by atoms with E-state index in [2.05, 4.69) is 39.6 Å². The summed E-state index contributed by atoms with van der Waals surface area (Å²) in [6.45, 7) is 9.52. The predicted octanol–water partition coefficient (Wildman–Crippen LogP) is 1.97. The summed E-state index contributed by atoms with van der Waals surface area (Å²) in [4.78, 5) is 2.52. The van der Waals surface area contributed by atoms with Gasteiger partial charge in [0.15, 0.2) is 0 Å². The van der Waals surface area contributed by atoms with Gasteiger partial charge in [-0.3, -0.25) is 4.90 Å². The second kappa shape index (κ2) is 4.33. The Hall–Kier alpha value is 0.140. The Morgan fingerprint density at radius 1 is 1.57 bits per heavy atom. The first-order chi connectivity index (χ1) is 6.66. The van der Waals surface area contributed by atoms with Crippen molar-refractivity contribution < 1.29 is 0 Å². The first kappa shape index (κ1) is 10.7. The van der Waals surface area contributed by atoms with E-state index in [1.807, 2.05) is 0 Å². The van der Waals surface area contributed by atoms with Gasteiger partial charge in [0.25, 0.3) is 0 Å². The second-order valence-corrected chi connectivity index (χ2v) is 5.77. The van der Waals surface area contributed by atoms with Crippen LogP contribution in [0.25, 0.3) is 0 Å². The lowest BCUT2D eigenvalue weighted by molar-refractivity contribution is 0.147. The van der Waals surface area contributed by atoms with E-state index in [-0.39, 0.29) is 0 Å². The van der Waals surface area contributed by atoms with E-state index in [4.69, 9.17) is 0 Å². The molecule has 0 aromatic carbocycles. The average molecular weight is 259 g/mol. The van der Waals surface area contributed by atoms with Crippen LogP contribution in [-0.4, -0.2) is 36.6 Å². The molecule has 1 N–H and O–H groups in total. The minimum atomic E-state index is 0.638. The highest BCUT2D eigenvalue weighted by molar-refractivity contribution is 9.11. The Labute approximate surface area is 94.9 Å². The van der Waals surface area contributed by atoms with E-state index < -0.39 is 0 Å². The van der Waals surface area contributed by atoms with Crippen molar-refractivity contribution in [3.8, 4) is 0 Å². The monoisotopic (exact) mass is 258 g/mol. The van der Waals surface area contributed by atoms with Gasteiger partial charge in [-0.25, -0.2) is 0 Å². The maximum absolute atomic E-state index is 3.92. The standard InChI is InChI=1S/C11H19BrN2/c1-8(12)6-14-7-11(10-3-4-10)13-5-9(14)2/h9-11,13H,1,3-7H2,2H3. The Morgan fingerprint density at radius 2 is 2.29 bits per heavy atom. The van der Waals surface area contributed by atoms with E-state index >= 15 is 0 Å². The van der Waals surface area contributed by atoms with Crippen LogP contribution in [0.3, 0.4) is 0 Å². The SMILES string of the molecule is C=C(Br)CN1CC(C2CC2)NCC1C. The van der Waals surface area contributed by atoms with Crippen LogP contribution in [0.2, 0.25) is 0 Å². The van der Waals surface area contributed by atoms with Gasteiger partial charge in [0, 0.05) is 36.2 Å². The van der Waals surface area contributed by atoms with Crippen LogP contribution in [0, 0.1) is 5.92 Å². The van der Waals surface area contributed by atoms with Gasteiger partial charge < -0.3 is 5.32 Å². The smallest absolute Gasteiger partial charge is 0.0297 e. The summed E-state index contributed by atoms with van der Waals surface area (Å²) >= 11 is 3.45. The van der Waals surface area contributed by atoms with Crippen molar-refractivity contribution in [3.05, 3.63) is 11.1 Å². The quantitative estimate of drug-likeness (QED) is 0.833. The zero-order valence-corrected chi connectivity index (χ0v) is 10.4. The molecule has 2 aliphatic rings. The third-order valence-electron chi connectivity index (χ3n) is 3.30. The van der Waals surface area contributed by atoms with Crippen LogP contribution in [0.5, 0.6) is 0 Å². The minimum Gasteiger partial charge on any atom is -0.311 e. The van der Waals surface area contributed by atoms with Crippen LogP contribution in [0.15, 0.2) is 11.1 Å². The fraction of sp³-hybridized carbons (Fsp3) is 0.818. The van der Waals surface area contributed by atoms with Crippen molar-refractivity contribution in [3.63, 3.8) is 0 Å². The van der Waals surface area contributed by atoms with Gasteiger partial charge in [0.1, 0.15) is 0 Å². The van der Waals surface area contributed by atoms with Crippen molar-refractivity contribution in [2.75, 3.05) is 19.6 Å². The molecule has 0 amide bonds. The van der Waals surface area contributed by atoms with Crippen LogP contribution in [0.1, 0.15) is 19.8 Å². The molecule has 1 saturated carbocycles. The molecule has 2 atom stereocenters. The fourth-order valence-electron chi connectivity index (χ4n) is 2.20. The highest BCUT2D eigenvalue weighted by Gasteiger charge is 2.35. The Morgan fingerprint density at radius 3 is 2.86 bits per heavy atom. The molecule has 2 unspecified atom stereocenters. The summed E-state index contributed by atoms with van der Waals surface area (Å²) in [5.41, 5.74) is 0. The number of rotatable bonds is 3. The zero-order valence-electron chi connectivity index (χ0n) is 8.80. The van der Waals surface area contributed by atoms with Crippen molar-refractivity contribution in [1.82, 2.24) is 10.2 Å². The van der Waals surface area contributed by atoms with E-state index in [0.717, 1.165) is 29.5 Å². The topological polar surface area (TPSA) is 15.3 Å². The summed E-state index contributed by atoms with van der Waals surface area (Å²) in [6.07, 6.45) is 2.85. The molecule has 2 nitrogen and oxygen atoms in total. The molecule has 1 aliphatic heterocycles. The molecular weight excluding hydrogens is 240 g/mol. The molecule has 80 valence electrons. The van der Waals surface area contributed by atoms with E-state index in [9.17, 15) is 0 Å². The van der Waals surface area contributed by atoms with Gasteiger partial charge in [-0.1, -0.05) is 22.5 Å². The fourth-order valence-corrected chi connectivity index (χ4v) is 2.53. The van der Waals surface area contributed by atoms with E-state index in [1.54, 1.807) is 0 Å². The van der Waals surface area contributed by atoms with Gasteiger partial charge in [0.05, 0.1) is 0 Å². The van der Waals surface area contributed by atoms with E-state index in [0.29, 0.717) is 6.04 Å². The third kappa shape index (κ3) is 2.59. The summed E-state index contributed by atoms with van der Waals surface area (Å²) in [7, 11) is 0. The number of hydrogen-bond acceptors (Lipinski definition) is 2. The maximum atomic E-state index is 3.92. The lowest BCUT2D eigenvalue weighted by Crippen LogP contribution is -2.56. The summed E-state index contributed by atoms with van der Waals surface area (Å²) < 4.78 is 1.10. The molecule has 1 saturated heterocycles. The van der Waals surface area contributed by atoms with Crippen LogP contribution < -0.4 is 5.32 Å². The lowest BCUT2D eigenvalue weighted by atomic mass is 10.1. The molecule has 0 bridgehead atoms. The Bertz CT molecular complexity index is 225. The number of nitrogens with one attached hydrogen (secondary N) is 1. The molecule has 0 spiro atoms. The van der Waals surface area contributed by atoms with Gasteiger partial charge in [-0.15, -0.1) is 0 Å². The number of hydrogen-bond donors (Lipinski definition) is 1. The predicted molar refractivity (Wildman–Crippen MR) is 63.6 cm³/mol. The van der Waals surface area contributed by atoms with Crippen LogP contribution in [-0.2, 0) is 0 Å². The maximum Gasteiger partial charge on any atom is 0.0297 e. The van der Waals surface area contributed by atoms with Gasteiger partial charge in [-0.2, -0.15) is 0 Å². The normalized spacial score (nSPS) is 34.4. The van der Waals surface area contributed by atoms with Crippen molar-refractivity contribution in [2.24, 2.45) is 5.92 Å². The molecular formula is C11H19BrN2. The zero-order chi connectivity index (χ0) is 10.1. The van der Waals surface area contributed by atoms with Crippen LogP contribution >= 0.6 is 15.9 Å². The first-order valence-electron chi connectivity index (χ1n) is 5.47. The Kier molecular flexibility index (Phi) is 3.30. The minimum absolute atomic E-state index is 0.638. The summed E-state index contributed by atoms with van der Waals surface area (Å²) in [5.74, 6) is 0.952. The van der Waals surface area contributed by atoms with Gasteiger partial charge >= 0.3 is 0 Å². The summed E-state index contributed by atoms with van der Waals surface area (Å²) in [5, 5.41) is 3.65. The largest absolute Gasteiger partial charge is 0.311 e. The summed E-state index contributed by atoms with van der Waals surface area (Å²) in [6, 6.07) is 1.37. The number of nitrogens with zero attached hydrogens (tertiary/aromatic N) is 1. The van der Waals surface area contributed by atoms with Crippen molar-refractivity contribution >= 4 is 15.9 Å². The molecule has 0 radical (unpaired) electrons. The third-order valence-corrected chi connectivity index (χ3v) is 3.55. The number of piperazine rings is 1. The molecule has 1 heterocycles. The van der Waals surface area contributed by atoms with Gasteiger partial charge in [-0.05, 0) is 25.7 Å². The number of halogens is 1. The van der Waals surface area contributed by atoms with Crippen LogP contribution in [0.4, 0.5) is 0 Å². The first-order valence-corrected chi connectivity index (χ1v) is 6.27.